The van der Waals surface area contributed by atoms with E-state index in [2.05, 4.69) is 15.9 Å². The first-order valence-corrected chi connectivity index (χ1v) is 6.31. The number of thiophene rings is 1. The smallest absolute Gasteiger partial charge is 0.348 e. The van der Waals surface area contributed by atoms with Crippen molar-refractivity contribution in [3.8, 4) is 11.1 Å². The molecular weight excluding hydrogens is 288 g/mol. The van der Waals surface area contributed by atoms with Crippen LogP contribution in [-0.2, 0) is 4.74 Å². The molecule has 2 rings (SSSR count). The summed E-state index contributed by atoms with van der Waals surface area (Å²) >= 11 is 4.81. The van der Waals surface area contributed by atoms with E-state index in [9.17, 15) is 4.79 Å². The lowest BCUT2D eigenvalue weighted by molar-refractivity contribution is 0.0607. The van der Waals surface area contributed by atoms with Gasteiger partial charge < -0.3 is 4.74 Å². The predicted octanol–water partition coefficient (Wildman–Crippen LogP) is 3.96. The van der Waals surface area contributed by atoms with E-state index in [-0.39, 0.29) is 5.97 Å². The maximum absolute atomic E-state index is 11.5. The average molecular weight is 297 g/mol. The summed E-state index contributed by atoms with van der Waals surface area (Å²) in [7, 11) is 1.40. The zero-order chi connectivity index (χ0) is 11.5. The Morgan fingerprint density at radius 2 is 2.19 bits per heavy atom. The summed E-state index contributed by atoms with van der Waals surface area (Å²) in [4.78, 5) is 12.2. The average Bonchev–Trinajstić information content (AvgIpc) is 2.77. The van der Waals surface area contributed by atoms with Gasteiger partial charge in [-0.25, -0.2) is 4.79 Å². The fourth-order valence-corrected chi connectivity index (χ4v) is 2.68. The predicted molar refractivity (Wildman–Crippen MR) is 68.8 cm³/mol. The van der Waals surface area contributed by atoms with Gasteiger partial charge in [-0.3, -0.25) is 0 Å². The fourth-order valence-electron chi connectivity index (χ4n) is 1.44. The van der Waals surface area contributed by atoms with E-state index < -0.39 is 0 Å². The molecule has 0 radical (unpaired) electrons. The van der Waals surface area contributed by atoms with Crippen LogP contribution in [0.4, 0.5) is 0 Å². The van der Waals surface area contributed by atoms with Crippen LogP contribution in [0.15, 0.2) is 40.2 Å². The van der Waals surface area contributed by atoms with E-state index in [4.69, 9.17) is 4.74 Å². The van der Waals surface area contributed by atoms with Crippen LogP contribution in [0.25, 0.3) is 11.1 Å². The van der Waals surface area contributed by atoms with Gasteiger partial charge in [0.2, 0.25) is 0 Å². The number of rotatable bonds is 2. The van der Waals surface area contributed by atoms with Gasteiger partial charge in [-0.1, -0.05) is 28.1 Å². The molecule has 0 aliphatic carbocycles. The molecule has 0 atom stereocenters. The second-order valence-corrected chi connectivity index (χ2v) is 5.00. The molecule has 0 saturated heterocycles. The van der Waals surface area contributed by atoms with E-state index in [1.54, 1.807) is 0 Å². The number of carbonyl (C=O) groups is 1. The molecule has 82 valence electrons. The Balaban J connectivity index is 2.48. The Bertz CT molecular complexity index is 519. The summed E-state index contributed by atoms with van der Waals surface area (Å²) in [6, 6.07) is 9.78. The van der Waals surface area contributed by atoms with Crippen molar-refractivity contribution in [3.63, 3.8) is 0 Å². The minimum Gasteiger partial charge on any atom is -0.465 e. The summed E-state index contributed by atoms with van der Waals surface area (Å²) in [5.41, 5.74) is 1.93. The highest BCUT2D eigenvalue weighted by Crippen LogP contribution is 2.30. The molecule has 1 aromatic carbocycles. The van der Waals surface area contributed by atoms with E-state index in [0.29, 0.717) is 4.88 Å². The van der Waals surface area contributed by atoms with Gasteiger partial charge in [-0.05, 0) is 29.1 Å². The van der Waals surface area contributed by atoms with Crippen LogP contribution in [0.5, 0.6) is 0 Å². The molecule has 0 saturated carbocycles. The zero-order valence-electron chi connectivity index (χ0n) is 8.57. The number of ether oxygens (including phenoxy) is 1. The van der Waals surface area contributed by atoms with Crippen molar-refractivity contribution in [1.82, 2.24) is 0 Å². The highest BCUT2D eigenvalue weighted by Gasteiger charge is 2.14. The Labute approximate surface area is 106 Å². The van der Waals surface area contributed by atoms with Crippen LogP contribution in [0.2, 0.25) is 0 Å². The Kier molecular flexibility index (Phi) is 3.41. The summed E-state index contributed by atoms with van der Waals surface area (Å²) in [6.45, 7) is 0. The van der Waals surface area contributed by atoms with Gasteiger partial charge in [0.1, 0.15) is 4.88 Å². The Morgan fingerprint density at radius 1 is 1.38 bits per heavy atom. The molecule has 16 heavy (non-hydrogen) atoms. The third-order valence-electron chi connectivity index (χ3n) is 2.17. The molecule has 1 aromatic heterocycles. The van der Waals surface area contributed by atoms with Crippen molar-refractivity contribution in [2.24, 2.45) is 0 Å². The molecule has 1 heterocycles. The van der Waals surface area contributed by atoms with Gasteiger partial charge in [-0.15, -0.1) is 11.3 Å². The lowest BCUT2D eigenvalue weighted by Gasteiger charge is -2.02. The molecule has 0 aliphatic rings. The topological polar surface area (TPSA) is 26.3 Å². The molecular formula is C12H9BrO2S. The standard InChI is InChI=1S/C12H9BrO2S/c1-15-12(14)11-10(5-6-16-11)8-3-2-4-9(13)7-8/h2-7H,1H3. The van der Waals surface area contributed by atoms with Crippen LogP contribution in [0.1, 0.15) is 9.67 Å². The van der Waals surface area contributed by atoms with Crippen molar-refractivity contribution in [3.05, 3.63) is 45.1 Å². The van der Waals surface area contributed by atoms with Crippen molar-refractivity contribution >= 4 is 33.2 Å². The first-order valence-electron chi connectivity index (χ1n) is 4.64. The number of methoxy groups -OCH3 is 1. The Hall–Kier alpha value is -1.13. The zero-order valence-corrected chi connectivity index (χ0v) is 11.0. The summed E-state index contributed by atoms with van der Waals surface area (Å²) in [6.07, 6.45) is 0. The molecule has 2 aromatic rings. The lowest BCUT2D eigenvalue weighted by atomic mass is 10.1. The van der Waals surface area contributed by atoms with Crippen LogP contribution in [0, 0.1) is 0 Å². The van der Waals surface area contributed by atoms with Crippen LogP contribution >= 0.6 is 27.3 Å². The van der Waals surface area contributed by atoms with Crippen molar-refractivity contribution in [1.29, 1.82) is 0 Å². The molecule has 0 aliphatic heterocycles. The molecule has 0 spiro atoms. The minimum atomic E-state index is -0.287. The van der Waals surface area contributed by atoms with Crippen LogP contribution in [0.3, 0.4) is 0 Å². The van der Waals surface area contributed by atoms with E-state index in [0.717, 1.165) is 15.6 Å². The number of esters is 1. The largest absolute Gasteiger partial charge is 0.465 e. The molecule has 2 nitrogen and oxygen atoms in total. The summed E-state index contributed by atoms with van der Waals surface area (Å²) in [5, 5.41) is 1.89. The minimum absolute atomic E-state index is 0.287. The third-order valence-corrected chi connectivity index (χ3v) is 3.56. The maximum Gasteiger partial charge on any atom is 0.348 e. The first kappa shape index (κ1) is 11.4. The van der Waals surface area contributed by atoms with Crippen molar-refractivity contribution in [2.45, 2.75) is 0 Å². The van der Waals surface area contributed by atoms with E-state index >= 15 is 0 Å². The normalized spacial score (nSPS) is 10.1. The highest BCUT2D eigenvalue weighted by atomic mass is 79.9. The number of hydrogen-bond donors (Lipinski definition) is 0. The summed E-state index contributed by atoms with van der Waals surface area (Å²) < 4.78 is 5.74. The monoisotopic (exact) mass is 296 g/mol. The molecule has 0 amide bonds. The van der Waals surface area contributed by atoms with Gasteiger partial charge in [0.05, 0.1) is 7.11 Å². The SMILES string of the molecule is COC(=O)c1sccc1-c1cccc(Br)c1. The molecule has 4 heteroatoms. The maximum atomic E-state index is 11.5. The lowest BCUT2D eigenvalue weighted by Crippen LogP contribution is -1.99. The van der Waals surface area contributed by atoms with E-state index in [1.807, 2.05) is 35.7 Å². The van der Waals surface area contributed by atoms with E-state index in [1.165, 1.54) is 18.4 Å². The van der Waals surface area contributed by atoms with Gasteiger partial charge in [0.25, 0.3) is 0 Å². The van der Waals surface area contributed by atoms with Gasteiger partial charge >= 0.3 is 5.97 Å². The van der Waals surface area contributed by atoms with Gasteiger partial charge in [0, 0.05) is 10.0 Å². The fraction of sp³-hybridized carbons (Fsp3) is 0.0833. The highest BCUT2D eigenvalue weighted by molar-refractivity contribution is 9.10. The molecule has 0 bridgehead atoms. The number of benzene rings is 1. The Morgan fingerprint density at radius 3 is 2.88 bits per heavy atom. The van der Waals surface area contributed by atoms with Crippen LogP contribution in [-0.4, -0.2) is 13.1 Å². The second kappa shape index (κ2) is 4.80. The summed E-state index contributed by atoms with van der Waals surface area (Å²) in [5.74, 6) is -0.287. The number of carbonyl (C=O) groups excluding carboxylic acids is 1. The van der Waals surface area contributed by atoms with Crippen LogP contribution < -0.4 is 0 Å². The number of halogens is 1. The van der Waals surface area contributed by atoms with Gasteiger partial charge in [-0.2, -0.15) is 0 Å². The van der Waals surface area contributed by atoms with Crippen molar-refractivity contribution in [2.75, 3.05) is 7.11 Å². The molecule has 0 fully saturated rings. The van der Waals surface area contributed by atoms with Crippen molar-refractivity contribution < 1.29 is 9.53 Å². The quantitative estimate of drug-likeness (QED) is 0.784. The van der Waals surface area contributed by atoms with Gasteiger partial charge in [0.15, 0.2) is 0 Å². The second-order valence-electron chi connectivity index (χ2n) is 3.17. The third kappa shape index (κ3) is 2.18. The molecule has 0 N–H and O–H groups in total. The molecule has 0 unspecified atom stereocenters. The first-order chi connectivity index (χ1) is 7.72. The number of hydrogen-bond acceptors (Lipinski definition) is 3.